The van der Waals surface area contributed by atoms with E-state index in [0.29, 0.717) is 0 Å². The second-order valence-corrected chi connectivity index (χ2v) is 5.70. The predicted octanol–water partition coefficient (Wildman–Crippen LogP) is 4.68. The molecule has 1 heteroatoms. The Morgan fingerprint density at radius 2 is 2.00 bits per heavy atom. The zero-order chi connectivity index (χ0) is 11.1. The zero-order valence-corrected chi connectivity index (χ0v) is 11.4. The van der Waals surface area contributed by atoms with Crippen molar-refractivity contribution in [3.63, 3.8) is 0 Å². The third-order valence-electron chi connectivity index (χ3n) is 3.97. The summed E-state index contributed by atoms with van der Waals surface area (Å²) in [6.45, 7) is 2.26. The Balaban J connectivity index is 2.19. The summed E-state index contributed by atoms with van der Waals surface area (Å²) in [6.07, 6.45) is 10.1. The van der Waals surface area contributed by atoms with Gasteiger partial charge in [0.25, 0.3) is 0 Å². The van der Waals surface area contributed by atoms with Gasteiger partial charge in [0.15, 0.2) is 0 Å². The highest BCUT2D eigenvalue weighted by Gasteiger charge is 2.23. The minimum atomic E-state index is 1.16. The van der Waals surface area contributed by atoms with E-state index in [-0.39, 0.29) is 0 Å². The third kappa shape index (κ3) is 1.48. The maximum atomic E-state index is 3.77. The highest BCUT2D eigenvalue weighted by molar-refractivity contribution is 9.10. The molecule has 84 valence electrons. The summed E-state index contributed by atoms with van der Waals surface area (Å²) in [5.74, 6) is 0. The van der Waals surface area contributed by atoms with E-state index in [9.17, 15) is 0 Å². The molecule has 0 fully saturated rings. The van der Waals surface area contributed by atoms with Gasteiger partial charge in [0.2, 0.25) is 0 Å². The monoisotopic (exact) mass is 276 g/mol. The molecular weight excluding hydrogens is 260 g/mol. The molecule has 0 aliphatic heterocycles. The van der Waals surface area contributed by atoms with Gasteiger partial charge in [0.1, 0.15) is 0 Å². The van der Waals surface area contributed by atoms with Crippen LogP contribution in [0.3, 0.4) is 0 Å². The molecule has 0 bridgehead atoms. The van der Waals surface area contributed by atoms with E-state index in [0.717, 1.165) is 6.42 Å². The molecule has 16 heavy (non-hydrogen) atoms. The Kier molecular flexibility index (Phi) is 2.67. The van der Waals surface area contributed by atoms with E-state index in [4.69, 9.17) is 0 Å². The van der Waals surface area contributed by atoms with Gasteiger partial charge in [-0.05, 0) is 72.4 Å². The lowest BCUT2D eigenvalue weighted by molar-refractivity contribution is 0.680. The van der Waals surface area contributed by atoms with Crippen LogP contribution in [-0.4, -0.2) is 0 Å². The molecule has 2 aliphatic carbocycles. The maximum absolute atomic E-state index is 3.77. The summed E-state index contributed by atoms with van der Waals surface area (Å²) < 4.78 is 1.33. The first-order valence-corrected chi connectivity index (χ1v) is 7.13. The quantitative estimate of drug-likeness (QED) is 0.699. The van der Waals surface area contributed by atoms with Crippen molar-refractivity contribution in [1.29, 1.82) is 0 Å². The van der Waals surface area contributed by atoms with Crippen LogP contribution in [0.5, 0.6) is 0 Å². The number of allylic oxidation sites excluding steroid dienone is 2. The van der Waals surface area contributed by atoms with Crippen LogP contribution in [0.2, 0.25) is 0 Å². The van der Waals surface area contributed by atoms with Gasteiger partial charge in [0.05, 0.1) is 0 Å². The van der Waals surface area contributed by atoms with Gasteiger partial charge in [0, 0.05) is 4.47 Å². The number of benzene rings is 1. The molecule has 0 nitrogen and oxygen atoms in total. The van der Waals surface area contributed by atoms with Gasteiger partial charge >= 0.3 is 0 Å². The van der Waals surface area contributed by atoms with Crippen LogP contribution in [0.1, 0.15) is 48.4 Å². The van der Waals surface area contributed by atoms with Crippen LogP contribution in [0.15, 0.2) is 16.6 Å². The first kappa shape index (κ1) is 10.6. The molecule has 0 atom stereocenters. The second-order valence-electron chi connectivity index (χ2n) is 4.84. The Labute approximate surface area is 106 Å². The van der Waals surface area contributed by atoms with Gasteiger partial charge in [-0.15, -0.1) is 0 Å². The van der Waals surface area contributed by atoms with E-state index in [1.165, 1.54) is 47.7 Å². The van der Waals surface area contributed by atoms with E-state index in [1.54, 1.807) is 16.7 Å². The summed E-state index contributed by atoms with van der Waals surface area (Å²) in [4.78, 5) is 0. The minimum absolute atomic E-state index is 1.16. The molecule has 0 aromatic heterocycles. The molecule has 3 rings (SSSR count). The van der Waals surface area contributed by atoms with Gasteiger partial charge < -0.3 is 0 Å². The molecule has 2 aliphatic rings. The number of fused-ring (bicyclic) bond motifs is 3. The van der Waals surface area contributed by atoms with Gasteiger partial charge in [-0.3, -0.25) is 0 Å². The van der Waals surface area contributed by atoms with E-state index >= 15 is 0 Å². The van der Waals surface area contributed by atoms with E-state index < -0.39 is 0 Å². The Morgan fingerprint density at radius 3 is 2.81 bits per heavy atom. The van der Waals surface area contributed by atoms with Crippen molar-refractivity contribution in [3.05, 3.63) is 38.9 Å². The molecule has 0 radical (unpaired) electrons. The molecule has 0 spiro atoms. The number of halogens is 1. The van der Waals surface area contributed by atoms with Gasteiger partial charge in [-0.25, -0.2) is 0 Å². The lowest BCUT2D eigenvalue weighted by atomic mass is 9.85. The zero-order valence-electron chi connectivity index (χ0n) is 9.78. The fraction of sp³-hybridized carbons (Fsp3) is 0.467. The van der Waals surface area contributed by atoms with Crippen LogP contribution in [-0.2, 0) is 19.3 Å². The van der Waals surface area contributed by atoms with Crippen LogP contribution < -0.4 is 0 Å². The molecular formula is C15H17Br. The first-order valence-electron chi connectivity index (χ1n) is 6.33. The number of aryl methyl sites for hydroxylation is 1. The van der Waals surface area contributed by atoms with Crippen molar-refractivity contribution in [1.82, 2.24) is 0 Å². The van der Waals surface area contributed by atoms with E-state index in [2.05, 4.69) is 35.0 Å². The van der Waals surface area contributed by atoms with Crippen molar-refractivity contribution < 1.29 is 0 Å². The van der Waals surface area contributed by atoms with Crippen LogP contribution in [0, 0.1) is 0 Å². The largest absolute Gasteiger partial charge is 0.0762 e. The summed E-state index contributed by atoms with van der Waals surface area (Å²) in [5, 5.41) is 0. The molecule has 0 unspecified atom stereocenters. The summed E-state index contributed by atoms with van der Waals surface area (Å²) in [6, 6.07) is 2.38. The Morgan fingerprint density at radius 1 is 1.19 bits per heavy atom. The molecule has 0 heterocycles. The second kappa shape index (κ2) is 4.03. The van der Waals surface area contributed by atoms with Gasteiger partial charge in [-0.2, -0.15) is 0 Å². The normalized spacial score (nSPS) is 18.0. The molecule has 0 saturated heterocycles. The van der Waals surface area contributed by atoms with Crippen molar-refractivity contribution in [3.8, 4) is 0 Å². The average molecular weight is 277 g/mol. The lowest BCUT2D eigenvalue weighted by Gasteiger charge is -2.21. The fourth-order valence-electron chi connectivity index (χ4n) is 3.17. The smallest absolute Gasteiger partial charge is 0.0256 e. The number of hydrogen-bond donors (Lipinski definition) is 0. The SMILES string of the molecule is CCC1=CCc2c3c(cc(Br)c21)CCCC3. The fourth-order valence-corrected chi connectivity index (χ4v) is 3.94. The number of hydrogen-bond acceptors (Lipinski definition) is 0. The van der Waals surface area contributed by atoms with Crippen LogP contribution in [0.25, 0.3) is 5.57 Å². The van der Waals surface area contributed by atoms with E-state index in [1.807, 2.05) is 0 Å². The van der Waals surface area contributed by atoms with Gasteiger partial charge in [-0.1, -0.05) is 28.9 Å². The number of rotatable bonds is 1. The van der Waals surface area contributed by atoms with Crippen LogP contribution in [0.4, 0.5) is 0 Å². The topological polar surface area (TPSA) is 0 Å². The minimum Gasteiger partial charge on any atom is -0.0762 e. The molecule has 0 saturated carbocycles. The summed E-state index contributed by atoms with van der Waals surface area (Å²) in [7, 11) is 0. The molecule has 1 aromatic rings. The highest BCUT2D eigenvalue weighted by atomic mass is 79.9. The first-order chi connectivity index (χ1) is 7.81. The van der Waals surface area contributed by atoms with Crippen molar-refractivity contribution >= 4 is 21.5 Å². The standard InChI is InChI=1S/C15H17Br/c1-2-10-7-8-13-12-6-4-3-5-11(12)9-14(16)15(10)13/h7,9H,2-6,8H2,1H3. The highest BCUT2D eigenvalue weighted by Crippen LogP contribution is 2.41. The lowest BCUT2D eigenvalue weighted by Crippen LogP contribution is -2.07. The average Bonchev–Trinajstić information content (AvgIpc) is 2.74. The Hall–Kier alpha value is -0.560. The van der Waals surface area contributed by atoms with Crippen molar-refractivity contribution in [2.24, 2.45) is 0 Å². The van der Waals surface area contributed by atoms with Crippen molar-refractivity contribution in [2.75, 3.05) is 0 Å². The molecule has 0 N–H and O–H groups in total. The summed E-state index contributed by atoms with van der Waals surface area (Å²) >= 11 is 3.77. The maximum Gasteiger partial charge on any atom is 0.0256 e. The van der Waals surface area contributed by atoms with Crippen molar-refractivity contribution in [2.45, 2.75) is 45.4 Å². The Bertz CT molecular complexity index is 469. The van der Waals surface area contributed by atoms with Crippen LogP contribution >= 0.6 is 15.9 Å². The predicted molar refractivity (Wildman–Crippen MR) is 72.8 cm³/mol. The third-order valence-corrected chi connectivity index (χ3v) is 4.60. The molecule has 1 aromatic carbocycles. The molecule has 0 amide bonds. The summed E-state index contributed by atoms with van der Waals surface area (Å²) in [5.41, 5.74) is 7.95.